The van der Waals surface area contributed by atoms with Gasteiger partial charge in [-0.05, 0) is 31.7 Å². The molecule has 3 aromatic rings. The summed E-state index contributed by atoms with van der Waals surface area (Å²) in [6.45, 7) is 0. The van der Waals surface area contributed by atoms with E-state index in [0.29, 0.717) is 12.0 Å². The summed E-state index contributed by atoms with van der Waals surface area (Å²) in [5.41, 5.74) is 3.09. The molecule has 3 heterocycles. The van der Waals surface area contributed by atoms with Crippen LogP contribution in [0.1, 0.15) is 37.3 Å². The highest BCUT2D eigenvalue weighted by Gasteiger charge is 2.26. The molecular weight excluding hydrogens is 254 g/mol. The van der Waals surface area contributed by atoms with E-state index < -0.39 is 0 Å². The van der Waals surface area contributed by atoms with Crippen molar-refractivity contribution in [3.8, 4) is 0 Å². The Morgan fingerprint density at radius 1 is 1.30 bits per heavy atom. The van der Waals surface area contributed by atoms with E-state index in [9.17, 15) is 0 Å². The Balaban J connectivity index is 1.78. The van der Waals surface area contributed by atoms with Crippen molar-refractivity contribution in [2.45, 2.75) is 37.7 Å². The van der Waals surface area contributed by atoms with Gasteiger partial charge in [-0.2, -0.15) is 0 Å². The van der Waals surface area contributed by atoms with Gasteiger partial charge in [-0.15, -0.1) is 5.10 Å². The van der Waals surface area contributed by atoms with Gasteiger partial charge in [-0.25, -0.2) is 9.50 Å². The molecule has 1 saturated carbocycles. The van der Waals surface area contributed by atoms with E-state index in [-0.39, 0.29) is 0 Å². The molecular formula is C14H17N5O. The number of aromatic amines is 1. The number of rotatable bonds is 2. The van der Waals surface area contributed by atoms with Crippen LogP contribution in [0.25, 0.3) is 16.6 Å². The highest BCUT2D eigenvalue weighted by Crippen LogP contribution is 2.35. The number of aromatic nitrogens is 5. The van der Waals surface area contributed by atoms with Gasteiger partial charge in [0.1, 0.15) is 17.5 Å². The Morgan fingerprint density at radius 3 is 2.95 bits per heavy atom. The molecule has 1 fully saturated rings. The minimum absolute atomic E-state index is 0.405. The largest absolute Gasteiger partial charge is 0.381 e. The summed E-state index contributed by atoms with van der Waals surface area (Å²) >= 11 is 0. The molecule has 4 rings (SSSR count). The molecule has 1 aliphatic rings. The second-order valence-corrected chi connectivity index (χ2v) is 5.46. The van der Waals surface area contributed by atoms with Crippen molar-refractivity contribution >= 4 is 16.6 Å². The second kappa shape index (κ2) is 4.56. The summed E-state index contributed by atoms with van der Waals surface area (Å²) in [6.07, 6.45) is 8.47. The van der Waals surface area contributed by atoms with E-state index in [1.165, 1.54) is 0 Å². The van der Waals surface area contributed by atoms with Crippen LogP contribution in [0, 0.1) is 0 Å². The van der Waals surface area contributed by atoms with Crippen molar-refractivity contribution in [3.63, 3.8) is 0 Å². The monoisotopic (exact) mass is 271 g/mol. The summed E-state index contributed by atoms with van der Waals surface area (Å²) in [5.74, 6) is 0.472. The Hall–Kier alpha value is -1.95. The van der Waals surface area contributed by atoms with E-state index in [2.05, 4.69) is 20.3 Å². The molecule has 0 saturated heterocycles. The molecule has 1 N–H and O–H groups in total. The average molecular weight is 271 g/mol. The van der Waals surface area contributed by atoms with Crippen LogP contribution in [0.15, 0.2) is 18.6 Å². The smallest absolute Gasteiger partial charge is 0.141 e. The predicted molar refractivity (Wildman–Crippen MR) is 74.6 cm³/mol. The minimum atomic E-state index is 0.405. The summed E-state index contributed by atoms with van der Waals surface area (Å²) < 4.78 is 7.23. The van der Waals surface area contributed by atoms with E-state index in [1.807, 2.05) is 12.3 Å². The van der Waals surface area contributed by atoms with E-state index >= 15 is 0 Å². The molecule has 0 atom stereocenters. The molecule has 0 aromatic carbocycles. The average Bonchev–Trinajstić information content (AvgIpc) is 3.13. The highest BCUT2D eigenvalue weighted by molar-refractivity contribution is 5.92. The van der Waals surface area contributed by atoms with Gasteiger partial charge < -0.3 is 9.72 Å². The van der Waals surface area contributed by atoms with Crippen LogP contribution in [0.4, 0.5) is 0 Å². The number of methoxy groups -OCH3 is 1. The third-order valence-electron chi connectivity index (χ3n) is 4.39. The number of hydrogen-bond acceptors (Lipinski definition) is 4. The number of nitrogens with one attached hydrogen (secondary N) is 1. The summed E-state index contributed by atoms with van der Waals surface area (Å²) in [4.78, 5) is 7.49. The van der Waals surface area contributed by atoms with Gasteiger partial charge in [0.2, 0.25) is 0 Å². The zero-order valence-electron chi connectivity index (χ0n) is 11.4. The first-order chi connectivity index (χ1) is 9.86. The van der Waals surface area contributed by atoms with E-state index in [4.69, 9.17) is 4.74 Å². The molecule has 104 valence electrons. The minimum Gasteiger partial charge on any atom is -0.381 e. The maximum Gasteiger partial charge on any atom is 0.141 e. The van der Waals surface area contributed by atoms with Gasteiger partial charge in [-0.1, -0.05) is 5.21 Å². The second-order valence-electron chi connectivity index (χ2n) is 5.46. The Kier molecular flexibility index (Phi) is 2.70. The van der Waals surface area contributed by atoms with Crippen molar-refractivity contribution in [1.82, 2.24) is 24.8 Å². The third kappa shape index (κ3) is 1.71. The Morgan fingerprint density at radius 2 is 2.15 bits per heavy atom. The fourth-order valence-corrected chi connectivity index (χ4v) is 3.27. The predicted octanol–water partition coefficient (Wildman–Crippen LogP) is 2.28. The molecule has 0 bridgehead atoms. The number of hydrogen-bond donors (Lipinski definition) is 1. The number of nitrogens with zero attached hydrogens (tertiary/aromatic N) is 4. The Labute approximate surface area is 116 Å². The lowest BCUT2D eigenvalue weighted by Crippen LogP contribution is -2.19. The fraction of sp³-hybridized carbons (Fsp3) is 0.500. The van der Waals surface area contributed by atoms with Gasteiger partial charge in [0.15, 0.2) is 0 Å². The molecule has 0 radical (unpaired) electrons. The first-order valence-electron chi connectivity index (χ1n) is 7.06. The maximum atomic E-state index is 5.45. The normalized spacial score (nSPS) is 23.6. The SMILES string of the molecule is COC1CCC(c2nnn3cnc4[nH]ccc4c23)CC1. The lowest BCUT2D eigenvalue weighted by Gasteiger charge is -2.26. The summed E-state index contributed by atoms with van der Waals surface area (Å²) in [7, 11) is 1.80. The van der Waals surface area contributed by atoms with Crippen molar-refractivity contribution in [2.24, 2.45) is 0 Å². The maximum absolute atomic E-state index is 5.45. The Bertz CT molecular complexity index is 738. The molecule has 1 aliphatic carbocycles. The van der Waals surface area contributed by atoms with Crippen molar-refractivity contribution in [1.29, 1.82) is 0 Å². The fourth-order valence-electron chi connectivity index (χ4n) is 3.27. The lowest BCUT2D eigenvalue weighted by atomic mass is 9.85. The molecule has 0 unspecified atom stereocenters. The van der Waals surface area contributed by atoms with Gasteiger partial charge in [0, 0.05) is 24.6 Å². The van der Waals surface area contributed by atoms with Crippen LogP contribution in [0.2, 0.25) is 0 Å². The zero-order valence-corrected chi connectivity index (χ0v) is 11.4. The number of fused-ring (bicyclic) bond motifs is 3. The van der Waals surface area contributed by atoms with Crippen LogP contribution in [-0.4, -0.2) is 38.0 Å². The van der Waals surface area contributed by atoms with Gasteiger partial charge in [0.25, 0.3) is 0 Å². The third-order valence-corrected chi connectivity index (χ3v) is 4.39. The number of ether oxygens (including phenoxy) is 1. The summed E-state index contributed by atoms with van der Waals surface area (Å²) in [6, 6.07) is 2.05. The van der Waals surface area contributed by atoms with E-state index in [1.54, 1.807) is 18.0 Å². The molecule has 3 aromatic heterocycles. The van der Waals surface area contributed by atoms with Gasteiger partial charge in [-0.3, -0.25) is 0 Å². The van der Waals surface area contributed by atoms with Crippen LogP contribution >= 0.6 is 0 Å². The standard InChI is InChI=1S/C14H17N5O/c1-20-10-4-2-9(3-5-10)12-13-11-6-7-15-14(11)16-8-19(13)18-17-12/h6-10,15H,2-5H2,1H3. The van der Waals surface area contributed by atoms with Crippen LogP contribution in [-0.2, 0) is 4.74 Å². The lowest BCUT2D eigenvalue weighted by molar-refractivity contribution is 0.0656. The topological polar surface area (TPSA) is 68.1 Å². The van der Waals surface area contributed by atoms with Crippen molar-refractivity contribution < 1.29 is 4.74 Å². The number of H-pyrrole nitrogens is 1. The highest BCUT2D eigenvalue weighted by atomic mass is 16.5. The first-order valence-corrected chi connectivity index (χ1v) is 7.06. The van der Waals surface area contributed by atoms with Crippen molar-refractivity contribution in [3.05, 3.63) is 24.3 Å². The molecule has 6 heteroatoms. The molecule has 6 nitrogen and oxygen atoms in total. The van der Waals surface area contributed by atoms with Crippen LogP contribution in [0.5, 0.6) is 0 Å². The van der Waals surface area contributed by atoms with Crippen LogP contribution < -0.4 is 0 Å². The molecule has 0 spiro atoms. The molecule has 20 heavy (non-hydrogen) atoms. The molecule has 0 aliphatic heterocycles. The quantitative estimate of drug-likeness (QED) is 0.776. The van der Waals surface area contributed by atoms with Gasteiger partial charge >= 0.3 is 0 Å². The van der Waals surface area contributed by atoms with Gasteiger partial charge in [0.05, 0.1) is 11.8 Å². The zero-order chi connectivity index (χ0) is 13.5. The summed E-state index contributed by atoms with van der Waals surface area (Å²) in [5, 5.41) is 9.74. The van der Waals surface area contributed by atoms with Crippen molar-refractivity contribution in [2.75, 3.05) is 7.11 Å². The van der Waals surface area contributed by atoms with Crippen LogP contribution in [0.3, 0.4) is 0 Å². The van der Waals surface area contributed by atoms with E-state index in [0.717, 1.165) is 47.9 Å². The molecule has 0 amide bonds. The first kappa shape index (κ1) is 11.8.